The number of esters is 1. The van der Waals surface area contributed by atoms with Crippen molar-refractivity contribution < 1.29 is 48.6 Å². The fourth-order valence-corrected chi connectivity index (χ4v) is 8.71. The van der Waals surface area contributed by atoms with E-state index in [2.05, 4.69) is 13.5 Å². The second kappa shape index (κ2) is 10.2. The molecule has 0 spiro atoms. The van der Waals surface area contributed by atoms with E-state index in [0.717, 1.165) is 25.7 Å². The summed E-state index contributed by atoms with van der Waals surface area (Å²) in [5.41, 5.74) is -6.12. The maximum Gasteiger partial charge on any atom is 0.307 e. The number of carbonyl (C=O) groups excluding carboxylic acids is 2. The van der Waals surface area contributed by atoms with Crippen molar-refractivity contribution in [1.29, 1.82) is 0 Å². The minimum atomic E-state index is -2.38. The molecule has 43 heavy (non-hydrogen) atoms. The maximum atomic E-state index is 13.7. The van der Waals surface area contributed by atoms with Gasteiger partial charge in [-0.15, -0.1) is 0 Å². The van der Waals surface area contributed by atoms with Gasteiger partial charge in [0, 0.05) is 30.3 Å². The zero-order chi connectivity index (χ0) is 31.2. The molecule has 6 aliphatic rings. The van der Waals surface area contributed by atoms with Crippen LogP contribution in [0.2, 0.25) is 0 Å². The van der Waals surface area contributed by atoms with Crippen LogP contribution >= 0.6 is 0 Å². The number of allylic oxidation sites excluding steroid dienone is 3. The van der Waals surface area contributed by atoms with Gasteiger partial charge < -0.3 is 39.0 Å². The number of epoxide rings is 1. The van der Waals surface area contributed by atoms with Crippen molar-refractivity contribution in [2.45, 2.75) is 120 Å². The van der Waals surface area contributed by atoms with Crippen molar-refractivity contribution in [3.63, 3.8) is 0 Å². The molecule has 3 aliphatic carbocycles. The number of aliphatic hydroxyl groups is 3. The number of rotatable bonds is 10. The van der Waals surface area contributed by atoms with Crippen molar-refractivity contribution in [3.8, 4) is 0 Å². The lowest BCUT2D eigenvalue weighted by atomic mass is 9.53. The van der Waals surface area contributed by atoms with Gasteiger partial charge >= 0.3 is 11.9 Å². The van der Waals surface area contributed by atoms with E-state index < -0.39 is 88.9 Å². The third kappa shape index (κ3) is 3.78. The van der Waals surface area contributed by atoms with Crippen LogP contribution in [0.3, 0.4) is 0 Å². The second-order valence-corrected chi connectivity index (χ2v) is 13.2. The third-order valence-corrected chi connectivity index (χ3v) is 10.8. The Morgan fingerprint density at radius 2 is 1.91 bits per heavy atom. The lowest BCUT2D eigenvalue weighted by Gasteiger charge is -2.61. The summed E-state index contributed by atoms with van der Waals surface area (Å²) in [6.07, 6.45) is 8.85. The molecule has 0 aromatic carbocycles. The van der Waals surface area contributed by atoms with Gasteiger partial charge in [0.05, 0.1) is 12.2 Å². The Morgan fingerprint density at radius 3 is 2.56 bits per heavy atom. The molecule has 1 unspecified atom stereocenters. The lowest BCUT2D eigenvalue weighted by Crippen LogP contribution is -2.76. The third-order valence-electron chi connectivity index (χ3n) is 10.8. The minimum Gasteiger partial charge on any atom is -0.458 e. The zero-order valence-corrected chi connectivity index (χ0v) is 25.6. The smallest absolute Gasteiger partial charge is 0.307 e. The first-order valence-corrected chi connectivity index (χ1v) is 15.6. The van der Waals surface area contributed by atoms with Crippen LogP contribution < -0.4 is 0 Å². The highest BCUT2D eigenvalue weighted by Gasteiger charge is 2.90. The highest BCUT2D eigenvalue weighted by atomic mass is 16.9. The number of ether oxygens (including phenoxy) is 5. The van der Waals surface area contributed by atoms with Crippen LogP contribution in [-0.4, -0.2) is 86.5 Å². The van der Waals surface area contributed by atoms with Crippen LogP contribution in [0.15, 0.2) is 48.1 Å². The molecule has 0 aromatic rings. The van der Waals surface area contributed by atoms with E-state index in [-0.39, 0.29) is 12.0 Å². The van der Waals surface area contributed by atoms with E-state index in [9.17, 15) is 24.9 Å². The summed E-state index contributed by atoms with van der Waals surface area (Å²) < 4.78 is 32.7. The molecule has 3 N–H and O–H groups in total. The zero-order valence-electron chi connectivity index (χ0n) is 25.6. The van der Waals surface area contributed by atoms with E-state index in [0.29, 0.717) is 5.57 Å². The van der Waals surface area contributed by atoms with Gasteiger partial charge in [0.1, 0.15) is 30.0 Å². The molecule has 0 amide bonds. The largest absolute Gasteiger partial charge is 0.458 e. The molecule has 5 fully saturated rings. The van der Waals surface area contributed by atoms with E-state index in [1.807, 2.05) is 19.1 Å². The van der Waals surface area contributed by atoms with E-state index >= 15 is 0 Å². The summed E-state index contributed by atoms with van der Waals surface area (Å²) in [6.45, 7) is 12.7. The topological polar surface area (TPSA) is 144 Å². The maximum absolute atomic E-state index is 13.7. The van der Waals surface area contributed by atoms with Crippen LogP contribution in [0.1, 0.15) is 66.7 Å². The normalized spacial score (nSPS) is 49.1. The van der Waals surface area contributed by atoms with Crippen LogP contribution in [-0.2, 0) is 33.3 Å². The number of fused-ring (bicyclic) bond motifs is 3. The summed E-state index contributed by atoms with van der Waals surface area (Å²) in [4.78, 5) is 26.6. The number of ketones is 1. The molecule has 10 nitrogen and oxygen atoms in total. The number of unbranched alkanes of at least 4 members (excludes halogenated alkanes) is 3. The standard InChI is InChI=1S/C33H44O10/c1-7-9-10-11-12-13-14-15-30-41-27-23-26-29(17-34,40-26)28(37)31(38)21(16-19(5)24(31)36)33(23,43-30)20(6)25(39-22(35)8-2)32(27,42-30)18(3)4/h12-16,20-21,23,25-28,34,37-38H,3,7-11,17H2,1-2,4-6H3/b13-12+,15-14+/t20-,21-,23+,25-,26+,27-,28-,29+,30?,31-,32+,33+/m1/s1. The Balaban J connectivity index is 1.55. The Labute approximate surface area is 252 Å². The van der Waals surface area contributed by atoms with E-state index in [1.54, 1.807) is 39.0 Å². The Hall–Kier alpha value is -2.18. The van der Waals surface area contributed by atoms with Gasteiger partial charge in [0.15, 0.2) is 17.0 Å². The van der Waals surface area contributed by atoms with Crippen LogP contribution in [0, 0.1) is 17.8 Å². The van der Waals surface area contributed by atoms with Crippen molar-refractivity contribution >= 4 is 11.8 Å². The molecule has 3 heterocycles. The highest BCUT2D eigenvalue weighted by molar-refractivity contribution is 6.05. The van der Waals surface area contributed by atoms with E-state index in [1.165, 1.54) is 0 Å². The minimum absolute atomic E-state index is 0.106. The molecule has 2 saturated carbocycles. The molecule has 12 atom stereocenters. The van der Waals surface area contributed by atoms with Crippen LogP contribution in [0.5, 0.6) is 0 Å². The first-order valence-electron chi connectivity index (χ1n) is 15.6. The average molecular weight is 601 g/mol. The summed E-state index contributed by atoms with van der Waals surface area (Å²) in [7, 11) is 0. The second-order valence-electron chi connectivity index (χ2n) is 13.2. The van der Waals surface area contributed by atoms with Gasteiger partial charge in [-0.2, -0.15) is 0 Å². The first kappa shape index (κ1) is 30.8. The summed E-state index contributed by atoms with van der Waals surface area (Å²) in [5.74, 6) is -5.49. The summed E-state index contributed by atoms with van der Waals surface area (Å²) in [6, 6.07) is 0. The average Bonchev–Trinajstić information content (AvgIpc) is 3.61. The van der Waals surface area contributed by atoms with Crippen molar-refractivity contribution in [2.75, 3.05) is 6.61 Å². The molecule has 3 bridgehead atoms. The summed E-state index contributed by atoms with van der Waals surface area (Å²) in [5, 5.41) is 34.6. The van der Waals surface area contributed by atoms with E-state index in [4.69, 9.17) is 23.7 Å². The molecule has 3 saturated heterocycles. The van der Waals surface area contributed by atoms with Crippen LogP contribution in [0.25, 0.3) is 0 Å². The van der Waals surface area contributed by atoms with Crippen molar-refractivity contribution in [1.82, 2.24) is 0 Å². The monoisotopic (exact) mass is 600 g/mol. The number of Topliss-reactive ketones (excluding diaryl/α,β-unsaturated/α-hetero) is 1. The quantitative estimate of drug-likeness (QED) is 0.113. The first-order chi connectivity index (χ1) is 20.4. The van der Waals surface area contributed by atoms with Crippen LogP contribution in [0.4, 0.5) is 0 Å². The SMILES string of the molecule is C=C(C)[C@@]12OC3(/C=C/C=C/CCCCC)O[C@@H]1[C@@H]1[C@@H]4O[C@]4(CO)[C@@H](O)[C@]4(O)C(=O)C(C)=C[C@H]4[C@@]1(O3)[C@H](C)[C@H]2OC(=O)CC. The van der Waals surface area contributed by atoms with Gasteiger partial charge in [-0.3, -0.25) is 9.59 Å². The number of hydrogen-bond donors (Lipinski definition) is 3. The van der Waals surface area contributed by atoms with Gasteiger partial charge in [-0.1, -0.05) is 64.5 Å². The lowest BCUT2D eigenvalue weighted by molar-refractivity contribution is -0.407. The fraction of sp³-hybridized carbons (Fsp3) is 0.697. The van der Waals surface area contributed by atoms with Gasteiger partial charge in [0.25, 0.3) is 0 Å². The predicted molar refractivity (Wildman–Crippen MR) is 153 cm³/mol. The van der Waals surface area contributed by atoms with Gasteiger partial charge in [-0.25, -0.2) is 0 Å². The molecule has 6 rings (SSSR count). The summed E-state index contributed by atoms with van der Waals surface area (Å²) >= 11 is 0. The Morgan fingerprint density at radius 1 is 1.16 bits per heavy atom. The molecule has 0 aromatic heterocycles. The molecule has 3 aliphatic heterocycles. The Bertz CT molecular complexity index is 1300. The molecular weight excluding hydrogens is 556 g/mol. The number of aliphatic hydroxyl groups excluding tert-OH is 2. The Kier molecular flexibility index (Phi) is 7.29. The number of carbonyl (C=O) groups is 2. The molecule has 10 heteroatoms. The van der Waals surface area contributed by atoms with Crippen molar-refractivity contribution in [2.24, 2.45) is 17.8 Å². The molecular formula is C33H44O10. The predicted octanol–water partition coefficient (Wildman–Crippen LogP) is 2.80. The number of hydrogen-bond acceptors (Lipinski definition) is 10. The fourth-order valence-electron chi connectivity index (χ4n) is 8.71. The van der Waals surface area contributed by atoms with Crippen molar-refractivity contribution in [3.05, 3.63) is 48.1 Å². The van der Waals surface area contributed by atoms with Gasteiger partial charge in [-0.05, 0) is 37.8 Å². The molecule has 236 valence electrons. The highest BCUT2D eigenvalue weighted by Crippen LogP contribution is 2.73. The molecule has 0 radical (unpaired) electrons. The van der Waals surface area contributed by atoms with Gasteiger partial charge in [0.2, 0.25) is 0 Å².